The second-order valence-electron chi connectivity index (χ2n) is 6.54. The Bertz CT molecular complexity index is 747. The molecule has 0 spiro atoms. The molecule has 0 bridgehead atoms. The third-order valence-corrected chi connectivity index (χ3v) is 6.68. The number of allylic oxidation sites excluding steroid dienone is 1. The summed E-state index contributed by atoms with van der Waals surface area (Å²) in [5.74, 6) is 0. The van der Waals surface area contributed by atoms with Gasteiger partial charge in [0.15, 0.2) is 0 Å². The average Bonchev–Trinajstić information content (AvgIpc) is 3.43. The quantitative estimate of drug-likeness (QED) is 0.432. The maximum absolute atomic E-state index is 13.3. The van der Waals surface area contributed by atoms with Gasteiger partial charge in [0.05, 0.1) is 34.9 Å². The molecule has 5 heteroatoms. The van der Waals surface area contributed by atoms with E-state index in [0.29, 0.717) is 19.6 Å². The second-order valence-corrected chi connectivity index (χ2v) is 8.36. The van der Waals surface area contributed by atoms with Crippen molar-refractivity contribution in [3.63, 3.8) is 0 Å². The van der Waals surface area contributed by atoms with Gasteiger partial charge in [0.2, 0.25) is 0 Å². The highest BCUT2D eigenvalue weighted by atomic mass is 32.2. The summed E-state index contributed by atoms with van der Waals surface area (Å²) in [7, 11) is 0.501. The molecule has 3 atom stereocenters. The van der Waals surface area contributed by atoms with Gasteiger partial charge in [0.25, 0.3) is 0 Å². The zero-order valence-corrected chi connectivity index (χ0v) is 16.4. The summed E-state index contributed by atoms with van der Waals surface area (Å²) >= 11 is 0. The van der Waals surface area contributed by atoms with Crippen molar-refractivity contribution < 1.29 is 18.4 Å². The van der Waals surface area contributed by atoms with Crippen LogP contribution in [0.2, 0.25) is 0 Å². The molecule has 1 saturated carbocycles. The van der Waals surface area contributed by atoms with E-state index >= 15 is 0 Å². The van der Waals surface area contributed by atoms with Gasteiger partial charge in [-0.2, -0.15) is 0 Å². The van der Waals surface area contributed by atoms with Gasteiger partial charge < -0.3 is 14.2 Å². The fraction of sp³-hybridized carbons (Fsp3) is 0.364. The molecule has 2 aromatic rings. The highest BCUT2D eigenvalue weighted by molar-refractivity contribution is 7.87. The van der Waals surface area contributed by atoms with E-state index in [1.807, 2.05) is 48.5 Å². The molecule has 0 aromatic heterocycles. The van der Waals surface area contributed by atoms with Crippen LogP contribution in [0.25, 0.3) is 6.08 Å². The number of hydrogen-bond acceptors (Lipinski definition) is 4. The fourth-order valence-electron chi connectivity index (χ4n) is 3.02. The van der Waals surface area contributed by atoms with Crippen LogP contribution in [0, 0.1) is 0 Å². The SMILES string of the molecule is COCCOCO[C@@H]1C[C@@]1(C/C=C/c1ccccc1)S(=O)c1ccccc1. The maximum atomic E-state index is 13.3. The lowest BCUT2D eigenvalue weighted by molar-refractivity contribution is -0.0745. The van der Waals surface area contributed by atoms with Crippen LogP contribution in [-0.4, -0.2) is 42.2 Å². The number of rotatable bonds is 11. The average molecular weight is 387 g/mol. The molecule has 1 aliphatic rings. The van der Waals surface area contributed by atoms with Crippen LogP contribution in [0.4, 0.5) is 0 Å². The number of ether oxygens (including phenoxy) is 3. The molecular formula is C22H26O4S. The van der Waals surface area contributed by atoms with Gasteiger partial charge in [-0.15, -0.1) is 0 Å². The van der Waals surface area contributed by atoms with Crippen molar-refractivity contribution in [3.8, 4) is 0 Å². The largest absolute Gasteiger partial charge is 0.382 e. The molecule has 3 rings (SSSR count). The van der Waals surface area contributed by atoms with Gasteiger partial charge in [-0.1, -0.05) is 60.7 Å². The zero-order valence-electron chi connectivity index (χ0n) is 15.6. The Morgan fingerprint density at radius 3 is 2.48 bits per heavy atom. The topological polar surface area (TPSA) is 44.8 Å². The molecule has 0 amide bonds. The number of hydrogen-bond donors (Lipinski definition) is 0. The van der Waals surface area contributed by atoms with E-state index in [0.717, 1.165) is 16.9 Å². The van der Waals surface area contributed by atoms with E-state index in [1.165, 1.54) is 0 Å². The summed E-state index contributed by atoms with van der Waals surface area (Å²) in [6, 6.07) is 19.8. The predicted molar refractivity (Wildman–Crippen MR) is 108 cm³/mol. The highest BCUT2D eigenvalue weighted by Crippen LogP contribution is 2.50. The minimum absolute atomic E-state index is 0.0680. The Morgan fingerprint density at radius 2 is 1.78 bits per heavy atom. The molecule has 4 nitrogen and oxygen atoms in total. The van der Waals surface area contributed by atoms with E-state index in [9.17, 15) is 4.21 Å². The molecule has 0 radical (unpaired) electrons. The molecule has 0 saturated heterocycles. The van der Waals surface area contributed by atoms with Crippen LogP contribution in [0.3, 0.4) is 0 Å². The maximum Gasteiger partial charge on any atom is 0.147 e. The molecular weight excluding hydrogens is 360 g/mol. The van der Waals surface area contributed by atoms with Gasteiger partial charge in [-0.3, -0.25) is 4.21 Å². The van der Waals surface area contributed by atoms with Crippen LogP contribution in [0.15, 0.2) is 71.6 Å². The van der Waals surface area contributed by atoms with Crippen molar-refractivity contribution in [1.29, 1.82) is 0 Å². The van der Waals surface area contributed by atoms with Gasteiger partial charge in [0.1, 0.15) is 6.79 Å². The van der Waals surface area contributed by atoms with Crippen molar-refractivity contribution in [2.24, 2.45) is 0 Å². The Morgan fingerprint density at radius 1 is 1.07 bits per heavy atom. The molecule has 0 aliphatic heterocycles. The Hall–Kier alpha value is -1.79. The summed E-state index contributed by atoms with van der Waals surface area (Å²) in [4.78, 5) is 0.844. The van der Waals surface area contributed by atoms with E-state index in [-0.39, 0.29) is 12.9 Å². The van der Waals surface area contributed by atoms with Crippen LogP contribution >= 0.6 is 0 Å². The molecule has 1 aliphatic carbocycles. The summed E-state index contributed by atoms with van der Waals surface area (Å²) < 4.78 is 29.1. The lowest BCUT2D eigenvalue weighted by Crippen LogP contribution is -2.23. The van der Waals surface area contributed by atoms with Gasteiger partial charge in [0, 0.05) is 12.0 Å². The molecule has 0 heterocycles. The van der Waals surface area contributed by atoms with Crippen LogP contribution in [0.5, 0.6) is 0 Å². The predicted octanol–water partition coefficient (Wildman–Crippen LogP) is 4.05. The van der Waals surface area contributed by atoms with Gasteiger partial charge in [-0.05, 0) is 30.5 Å². The Labute approximate surface area is 163 Å². The summed E-state index contributed by atoms with van der Waals surface area (Å²) in [5.41, 5.74) is 1.14. The van der Waals surface area contributed by atoms with Crippen LogP contribution < -0.4 is 0 Å². The lowest BCUT2D eigenvalue weighted by Gasteiger charge is -2.16. The van der Waals surface area contributed by atoms with E-state index in [1.54, 1.807) is 7.11 Å². The van der Waals surface area contributed by atoms with Crippen molar-refractivity contribution >= 4 is 16.9 Å². The first-order valence-electron chi connectivity index (χ1n) is 9.13. The minimum atomic E-state index is -1.14. The first-order chi connectivity index (χ1) is 13.3. The van der Waals surface area contributed by atoms with Crippen molar-refractivity contribution in [3.05, 3.63) is 72.3 Å². The molecule has 144 valence electrons. The first kappa shape index (κ1) is 20.0. The van der Waals surface area contributed by atoms with Gasteiger partial charge >= 0.3 is 0 Å². The van der Waals surface area contributed by atoms with Crippen molar-refractivity contribution in [1.82, 2.24) is 0 Å². The molecule has 1 fully saturated rings. The summed E-state index contributed by atoms with van der Waals surface area (Å²) in [6.07, 6.45) is 5.58. The molecule has 27 heavy (non-hydrogen) atoms. The fourth-order valence-corrected chi connectivity index (χ4v) is 4.75. The Balaban J connectivity index is 1.65. The third kappa shape index (κ3) is 5.36. The lowest BCUT2D eigenvalue weighted by atomic mass is 10.2. The standard InChI is InChI=1S/C22H26O4S/c1-24-15-16-25-18-26-21-17-22(21,27(23)20-12-6-3-7-13-20)14-8-11-19-9-4-2-5-10-19/h2-13,21H,14-18H2,1H3/b11-8+/t21-,22-,27?/m1/s1. The highest BCUT2D eigenvalue weighted by Gasteiger charge is 2.59. The van der Waals surface area contributed by atoms with Gasteiger partial charge in [-0.25, -0.2) is 0 Å². The Kier molecular flexibility index (Phi) is 7.35. The van der Waals surface area contributed by atoms with Crippen molar-refractivity contribution in [2.45, 2.75) is 28.6 Å². The first-order valence-corrected chi connectivity index (χ1v) is 10.3. The monoisotopic (exact) mass is 386 g/mol. The zero-order chi connectivity index (χ0) is 19.0. The third-order valence-electron chi connectivity index (χ3n) is 4.64. The van der Waals surface area contributed by atoms with Crippen LogP contribution in [0.1, 0.15) is 18.4 Å². The summed E-state index contributed by atoms with van der Waals surface area (Å²) in [5, 5.41) is 0. The minimum Gasteiger partial charge on any atom is -0.382 e. The molecule has 2 aromatic carbocycles. The second kappa shape index (κ2) is 9.95. The number of methoxy groups -OCH3 is 1. The summed E-state index contributed by atoms with van der Waals surface area (Å²) in [6.45, 7) is 1.23. The molecule has 1 unspecified atom stereocenters. The normalized spacial score (nSPS) is 22.8. The number of benzene rings is 2. The smallest absolute Gasteiger partial charge is 0.147 e. The van der Waals surface area contributed by atoms with E-state index < -0.39 is 15.5 Å². The molecule has 0 N–H and O–H groups in total. The van der Waals surface area contributed by atoms with E-state index in [4.69, 9.17) is 14.2 Å². The van der Waals surface area contributed by atoms with Crippen molar-refractivity contribution in [2.75, 3.05) is 27.1 Å². The van der Waals surface area contributed by atoms with E-state index in [2.05, 4.69) is 24.3 Å². The van der Waals surface area contributed by atoms with Crippen LogP contribution in [-0.2, 0) is 25.0 Å².